The van der Waals surface area contributed by atoms with Crippen molar-refractivity contribution in [3.05, 3.63) is 64.7 Å². The molecule has 0 aliphatic carbocycles. The topological polar surface area (TPSA) is 48.8 Å². The van der Waals surface area contributed by atoms with Gasteiger partial charge in [-0.2, -0.15) is 5.10 Å². The summed E-state index contributed by atoms with van der Waals surface area (Å²) in [6.07, 6.45) is 3.44. The number of likely N-dealkylation sites (N-methyl/N-ethyl adjacent to an activating group) is 1. The molecule has 24 heavy (non-hydrogen) atoms. The van der Waals surface area contributed by atoms with Crippen LogP contribution >= 0.6 is 0 Å². The van der Waals surface area contributed by atoms with Gasteiger partial charge in [-0.3, -0.25) is 14.8 Å². The molecule has 0 spiro atoms. The van der Waals surface area contributed by atoms with E-state index in [0.29, 0.717) is 17.8 Å². The Labute approximate surface area is 139 Å². The van der Waals surface area contributed by atoms with Crippen LogP contribution in [-0.4, -0.2) is 40.6 Å². The first kappa shape index (κ1) is 14.8. The van der Waals surface area contributed by atoms with E-state index in [9.17, 15) is 9.18 Å². The molecule has 2 aromatic rings. The van der Waals surface area contributed by atoms with E-state index in [2.05, 4.69) is 10.1 Å². The molecule has 5 nitrogen and oxygen atoms in total. The summed E-state index contributed by atoms with van der Waals surface area (Å²) in [4.78, 5) is 18.1. The Morgan fingerprint density at radius 2 is 2.21 bits per heavy atom. The predicted octanol–water partition coefficient (Wildman–Crippen LogP) is 2.39. The Kier molecular flexibility index (Phi) is 3.52. The number of pyridine rings is 1. The third-order valence-corrected chi connectivity index (χ3v) is 4.51. The smallest absolute Gasteiger partial charge is 0.273 e. The standard InChI is InChI=1S/C18H17FN4O/c1-22-9-15(8-21-22)12-4-5-13(16(19)7-12)10-23-11-14-3-2-6-20-17(14)18(23)24/h2-8,15H,9-11H2,1H3. The van der Waals surface area contributed by atoms with Crippen LogP contribution in [0.4, 0.5) is 4.39 Å². The highest BCUT2D eigenvalue weighted by molar-refractivity contribution is 5.96. The van der Waals surface area contributed by atoms with E-state index in [1.54, 1.807) is 23.2 Å². The first-order chi connectivity index (χ1) is 11.6. The zero-order valence-electron chi connectivity index (χ0n) is 13.3. The Hall–Kier alpha value is -2.76. The molecule has 1 unspecified atom stereocenters. The predicted molar refractivity (Wildman–Crippen MR) is 88.1 cm³/mol. The molecule has 4 rings (SSSR count). The van der Waals surface area contributed by atoms with E-state index in [1.165, 1.54) is 0 Å². The Morgan fingerprint density at radius 1 is 1.33 bits per heavy atom. The van der Waals surface area contributed by atoms with Crippen molar-refractivity contribution in [3.8, 4) is 0 Å². The molecule has 0 bridgehead atoms. The number of amides is 1. The molecular weight excluding hydrogens is 307 g/mol. The summed E-state index contributed by atoms with van der Waals surface area (Å²) in [6.45, 7) is 1.48. The fourth-order valence-electron chi connectivity index (χ4n) is 3.21. The highest BCUT2D eigenvalue weighted by atomic mass is 19.1. The Balaban J connectivity index is 1.52. The number of carbonyl (C=O) groups is 1. The molecule has 0 saturated carbocycles. The summed E-state index contributed by atoms with van der Waals surface area (Å²) in [5.74, 6) is -0.314. The van der Waals surface area contributed by atoms with E-state index in [4.69, 9.17) is 0 Å². The summed E-state index contributed by atoms with van der Waals surface area (Å²) < 4.78 is 14.5. The van der Waals surface area contributed by atoms with Crippen molar-refractivity contribution < 1.29 is 9.18 Å². The minimum absolute atomic E-state index is 0.112. The molecule has 2 aliphatic rings. The van der Waals surface area contributed by atoms with Gasteiger partial charge in [-0.25, -0.2) is 4.39 Å². The summed E-state index contributed by atoms with van der Waals surface area (Å²) in [6, 6.07) is 8.93. The third kappa shape index (κ3) is 2.54. The van der Waals surface area contributed by atoms with E-state index in [-0.39, 0.29) is 24.2 Å². The van der Waals surface area contributed by atoms with Crippen molar-refractivity contribution in [1.29, 1.82) is 0 Å². The number of hydrogen-bond acceptors (Lipinski definition) is 4. The van der Waals surface area contributed by atoms with Gasteiger partial charge in [-0.05, 0) is 17.7 Å². The highest BCUT2D eigenvalue weighted by Gasteiger charge is 2.29. The maximum absolute atomic E-state index is 14.5. The maximum atomic E-state index is 14.5. The van der Waals surface area contributed by atoms with E-state index >= 15 is 0 Å². The quantitative estimate of drug-likeness (QED) is 0.871. The molecule has 6 heteroatoms. The zero-order chi connectivity index (χ0) is 16.7. The van der Waals surface area contributed by atoms with Crippen molar-refractivity contribution in [2.24, 2.45) is 5.10 Å². The number of fused-ring (bicyclic) bond motifs is 1. The minimum atomic E-state index is -0.285. The number of benzene rings is 1. The van der Waals surface area contributed by atoms with Crippen LogP contribution in [-0.2, 0) is 13.1 Å². The number of aromatic nitrogens is 1. The molecular formula is C18H17FN4O. The lowest BCUT2D eigenvalue weighted by Crippen LogP contribution is -2.24. The van der Waals surface area contributed by atoms with Gasteiger partial charge >= 0.3 is 0 Å². The molecule has 3 heterocycles. The summed E-state index contributed by atoms with van der Waals surface area (Å²) in [5.41, 5.74) is 2.79. The minimum Gasteiger partial charge on any atom is -0.328 e. The second-order valence-electron chi connectivity index (χ2n) is 6.23. The lowest BCUT2D eigenvalue weighted by Gasteiger charge is -2.17. The number of hydrogen-bond donors (Lipinski definition) is 0. The lowest BCUT2D eigenvalue weighted by atomic mass is 9.99. The first-order valence-electron chi connectivity index (χ1n) is 7.88. The number of rotatable bonds is 3. The van der Waals surface area contributed by atoms with Crippen LogP contribution in [0, 0.1) is 5.82 Å². The van der Waals surface area contributed by atoms with Gasteiger partial charge in [-0.1, -0.05) is 18.2 Å². The van der Waals surface area contributed by atoms with E-state index in [0.717, 1.165) is 17.7 Å². The summed E-state index contributed by atoms with van der Waals surface area (Å²) in [7, 11) is 1.89. The fourth-order valence-corrected chi connectivity index (χ4v) is 3.21. The van der Waals surface area contributed by atoms with Crippen molar-refractivity contribution in [3.63, 3.8) is 0 Å². The number of nitrogens with zero attached hydrogens (tertiary/aromatic N) is 4. The molecule has 1 aromatic heterocycles. The molecule has 0 radical (unpaired) electrons. The average Bonchev–Trinajstić information content (AvgIpc) is 3.14. The highest BCUT2D eigenvalue weighted by Crippen LogP contribution is 2.25. The van der Waals surface area contributed by atoms with Crippen LogP contribution in [0.15, 0.2) is 41.6 Å². The zero-order valence-corrected chi connectivity index (χ0v) is 13.3. The summed E-state index contributed by atoms with van der Waals surface area (Å²) >= 11 is 0. The van der Waals surface area contributed by atoms with Gasteiger partial charge in [0, 0.05) is 56.1 Å². The third-order valence-electron chi connectivity index (χ3n) is 4.51. The van der Waals surface area contributed by atoms with Crippen LogP contribution in [0.25, 0.3) is 0 Å². The SMILES string of the molecule is CN1CC(c2ccc(CN3Cc4cccnc4C3=O)c(F)c2)C=N1. The Morgan fingerprint density at radius 3 is 2.92 bits per heavy atom. The molecule has 122 valence electrons. The van der Waals surface area contributed by atoms with Gasteiger partial charge in [-0.15, -0.1) is 0 Å². The van der Waals surface area contributed by atoms with E-state index < -0.39 is 0 Å². The van der Waals surface area contributed by atoms with Crippen LogP contribution in [0.5, 0.6) is 0 Å². The van der Waals surface area contributed by atoms with Gasteiger partial charge < -0.3 is 4.90 Å². The molecule has 2 aliphatic heterocycles. The molecule has 0 fully saturated rings. The second kappa shape index (κ2) is 5.70. The van der Waals surface area contributed by atoms with Gasteiger partial charge in [0.25, 0.3) is 5.91 Å². The molecule has 0 saturated heterocycles. The lowest BCUT2D eigenvalue weighted by molar-refractivity contribution is 0.0761. The van der Waals surface area contributed by atoms with Gasteiger partial charge in [0.2, 0.25) is 0 Å². The fraction of sp³-hybridized carbons (Fsp3) is 0.278. The van der Waals surface area contributed by atoms with Crippen LogP contribution in [0.2, 0.25) is 0 Å². The molecule has 1 atom stereocenters. The Bertz CT molecular complexity index is 836. The van der Waals surface area contributed by atoms with E-state index in [1.807, 2.05) is 36.5 Å². The number of hydrazone groups is 1. The summed E-state index contributed by atoms with van der Waals surface area (Å²) in [5, 5.41) is 6.03. The molecule has 0 N–H and O–H groups in total. The maximum Gasteiger partial charge on any atom is 0.273 e. The van der Waals surface area contributed by atoms with Gasteiger partial charge in [0.05, 0.1) is 0 Å². The second-order valence-corrected chi connectivity index (χ2v) is 6.23. The van der Waals surface area contributed by atoms with Crippen molar-refractivity contribution in [1.82, 2.24) is 14.9 Å². The van der Waals surface area contributed by atoms with Crippen molar-refractivity contribution >= 4 is 12.1 Å². The number of carbonyl (C=O) groups excluding carboxylic acids is 1. The van der Waals surface area contributed by atoms with Crippen molar-refractivity contribution in [2.75, 3.05) is 13.6 Å². The monoisotopic (exact) mass is 324 g/mol. The van der Waals surface area contributed by atoms with Gasteiger partial charge in [0.15, 0.2) is 0 Å². The first-order valence-corrected chi connectivity index (χ1v) is 7.88. The average molecular weight is 324 g/mol. The largest absolute Gasteiger partial charge is 0.328 e. The molecule has 1 aromatic carbocycles. The van der Waals surface area contributed by atoms with Crippen molar-refractivity contribution in [2.45, 2.75) is 19.0 Å². The van der Waals surface area contributed by atoms with Gasteiger partial charge in [0.1, 0.15) is 11.5 Å². The normalized spacial score (nSPS) is 19.2. The van der Waals surface area contributed by atoms with Crippen LogP contribution < -0.4 is 0 Å². The molecule has 1 amide bonds. The van der Waals surface area contributed by atoms with Crippen LogP contribution in [0.1, 0.15) is 33.1 Å². The number of halogens is 1. The van der Waals surface area contributed by atoms with Crippen LogP contribution in [0.3, 0.4) is 0 Å².